The van der Waals surface area contributed by atoms with Crippen LogP contribution in [0.4, 0.5) is 0 Å². The highest BCUT2D eigenvalue weighted by molar-refractivity contribution is 6.06. The number of benzene rings is 6. The Bertz CT molecular complexity index is 2470. The first-order valence-electron chi connectivity index (χ1n) is 16.4. The molecule has 0 spiro atoms. The molecule has 0 bridgehead atoms. The van der Waals surface area contributed by atoms with Gasteiger partial charge in [0.25, 0.3) is 0 Å². The lowest BCUT2D eigenvalue weighted by Crippen LogP contribution is -2.00. The molecular formula is C39H25N3O. The fourth-order valence-corrected chi connectivity index (χ4v) is 5.26. The SMILES string of the molecule is [2H]c1c([2H])c([2H])c(-c2ccc3c(c2)oc2cc(-c4nc(-c5ccccc5)nc(-c5ccc(-c6ccccc6)cc5)n4)ccc23)c([2H])c1[2H]. The first-order valence-corrected chi connectivity index (χ1v) is 13.9. The van der Waals surface area contributed by atoms with Crippen molar-refractivity contribution in [3.63, 3.8) is 0 Å². The van der Waals surface area contributed by atoms with Crippen LogP contribution in [0.15, 0.2) is 156 Å². The zero-order valence-electron chi connectivity index (χ0n) is 27.8. The van der Waals surface area contributed by atoms with Crippen molar-refractivity contribution in [1.82, 2.24) is 15.0 Å². The van der Waals surface area contributed by atoms with Gasteiger partial charge in [-0.1, -0.05) is 127 Å². The van der Waals surface area contributed by atoms with Crippen LogP contribution in [0.1, 0.15) is 6.85 Å². The molecule has 0 unspecified atom stereocenters. The van der Waals surface area contributed by atoms with Crippen LogP contribution in [-0.2, 0) is 0 Å². The predicted octanol–water partition coefficient (Wildman–Crippen LogP) is 10.1. The fourth-order valence-electron chi connectivity index (χ4n) is 5.26. The lowest BCUT2D eigenvalue weighted by Gasteiger charge is -2.09. The first kappa shape index (κ1) is 20.1. The summed E-state index contributed by atoms with van der Waals surface area (Å²) in [6.45, 7) is 0. The van der Waals surface area contributed by atoms with E-state index in [1.807, 2.05) is 84.9 Å². The molecule has 6 aromatic carbocycles. The topological polar surface area (TPSA) is 51.8 Å². The van der Waals surface area contributed by atoms with E-state index in [0.717, 1.165) is 38.6 Å². The smallest absolute Gasteiger partial charge is 0.164 e. The number of rotatable bonds is 5. The zero-order chi connectivity index (χ0) is 32.9. The third-order valence-electron chi connectivity index (χ3n) is 7.44. The first-order chi connectivity index (χ1) is 23.4. The van der Waals surface area contributed by atoms with Gasteiger partial charge in [0, 0.05) is 27.5 Å². The van der Waals surface area contributed by atoms with Crippen LogP contribution >= 0.6 is 0 Å². The Morgan fingerprint density at radius 3 is 1.47 bits per heavy atom. The normalized spacial score (nSPS) is 12.9. The summed E-state index contributed by atoms with van der Waals surface area (Å²) in [6.07, 6.45) is 0. The predicted molar refractivity (Wildman–Crippen MR) is 174 cm³/mol. The highest BCUT2D eigenvalue weighted by Gasteiger charge is 2.15. The quantitative estimate of drug-likeness (QED) is 0.212. The number of aromatic nitrogens is 3. The molecule has 0 saturated carbocycles. The summed E-state index contributed by atoms with van der Waals surface area (Å²) in [6, 6.07) is 37.6. The van der Waals surface area contributed by atoms with Crippen molar-refractivity contribution >= 4 is 21.9 Å². The summed E-state index contributed by atoms with van der Waals surface area (Å²) in [5.74, 6) is 1.59. The Balaban J connectivity index is 1.23. The molecule has 0 radical (unpaired) electrons. The summed E-state index contributed by atoms with van der Waals surface area (Å²) in [7, 11) is 0. The molecule has 43 heavy (non-hydrogen) atoms. The van der Waals surface area contributed by atoms with Gasteiger partial charge in [-0.15, -0.1) is 0 Å². The van der Waals surface area contributed by atoms with Crippen LogP contribution in [0.5, 0.6) is 0 Å². The second-order valence-electron chi connectivity index (χ2n) is 10.1. The molecule has 202 valence electrons. The minimum atomic E-state index is -0.424. The van der Waals surface area contributed by atoms with Crippen LogP contribution in [-0.4, -0.2) is 15.0 Å². The summed E-state index contributed by atoms with van der Waals surface area (Å²) >= 11 is 0. The van der Waals surface area contributed by atoms with E-state index in [1.54, 1.807) is 12.1 Å². The molecule has 0 aliphatic rings. The Morgan fingerprint density at radius 1 is 0.395 bits per heavy atom. The summed E-state index contributed by atoms with van der Waals surface area (Å²) in [4.78, 5) is 14.6. The van der Waals surface area contributed by atoms with E-state index in [4.69, 9.17) is 26.2 Å². The van der Waals surface area contributed by atoms with E-state index in [-0.39, 0.29) is 29.7 Å². The van der Waals surface area contributed by atoms with E-state index in [9.17, 15) is 0 Å². The highest BCUT2D eigenvalue weighted by Crippen LogP contribution is 2.35. The van der Waals surface area contributed by atoms with Gasteiger partial charge in [0.1, 0.15) is 11.2 Å². The number of nitrogens with zero attached hydrogens (tertiary/aromatic N) is 3. The third kappa shape index (κ3) is 4.75. The molecule has 2 aromatic heterocycles. The lowest BCUT2D eigenvalue weighted by atomic mass is 10.0. The van der Waals surface area contributed by atoms with Crippen LogP contribution in [0, 0.1) is 0 Å². The van der Waals surface area contributed by atoms with Gasteiger partial charge >= 0.3 is 0 Å². The van der Waals surface area contributed by atoms with Crippen molar-refractivity contribution in [1.29, 1.82) is 0 Å². The van der Waals surface area contributed by atoms with Gasteiger partial charge in [0.05, 0.1) is 6.85 Å². The lowest BCUT2D eigenvalue weighted by molar-refractivity contribution is 0.669. The maximum Gasteiger partial charge on any atom is 0.164 e. The molecule has 0 aliphatic carbocycles. The highest BCUT2D eigenvalue weighted by atomic mass is 16.3. The van der Waals surface area contributed by atoms with E-state index >= 15 is 0 Å². The van der Waals surface area contributed by atoms with Crippen LogP contribution in [0.3, 0.4) is 0 Å². The third-order valence-corrected chi connectivity index (χ3v) is 7.44. The van der Waals surface area contributed by atoms with Crippen molar-refractivity contribution in [3.8, 4) is 56.4 Å². The molecule has 4 heteroatoms. The molecule has 0 N–H and O–H groups in total. The van der Waals surface area contributed by atoms with Crippen molar-refractivity contribution in [2.75, 3.05) is 0 Å². The van der Waals surface area contributed by atoms with Gasteiger partial charge in [0.2, 0.25) is 0 Å². The molecule has 0 amide bonds. The van der Waals surface area contributed by atoms with Crippen LogP contribution < -0.4 is 0 Å². The van der Waals surface area contributed by atoms with Gasteiger partial charge in [-0.25, -0.2) is 15.0 Å². The van der Waals surface area contributed by atoms with Gasteiger partial charge in [-0.2, -0.15) is 0 Å². The summed E-state index contributed by atoms with van der Waals surface area (Å²) in [5, 5.41) is 1.71. The average Bonchev–Trinajstić information content (AvgIpc) is 3.51. The Kier molecular flexibility index (Phi) is 4.91. The minimum absolute atomic E-state index is 0.131. The molecule has 0 saturated heterocycles. The van der Waals surface area contributed by atoms with Gasteiger partial charge in [-0.3, -0.25) is 0 Å². The molecule has 8 aromatic rings. The zero-order valence-corrected chi connectivity index (χ0v) is 22.8. The fraction of sp³-hybridized carbons (Fsp3) is 0. The van der Waals surface area contributed by atoms with Gasteiger partial charge in [-0.05, 0) is 46.5 Å². The molecule has 0 aliphatic heterocycles. The Morgan fingerprint density at radius 2 is 0.837 bits per heavy atom. The number of fused-ring (bicyclic) bond motifs is 3. The Hall–Kier alpha value is -5.87. The van der Waals surface area contributed by atoms with Gasteiger partial charge < -0.3 is 4.42 Å². The number of hydrogen-bond donors (Lipinski definition) is 0. The van der Waals surface area contributed by atoms with Crippen molar-refractivity contribution in [3.05, 3.63) is 152 Å². The molecule has 0 atom stereocenters. The van der Waals surface area contributed by atoms with Gasteiger partial charge in [0.15, 0.2) is 17.5 Å². The monoisotopic (exact) mass is 556 g/mol. The minimum Gasteiger partial charge on any atom is -0.456 e. The maximum absolute atomic E-state index is 8.40. The summed E-state index contributed by atoms with van der Waals surface area (Å²) in [5.41, 5.74) is 6.45. The van der Waals surface area contributed by atoms with E-state index < -0.39 is 6.04 Å². The van der Waals surface area contributed by atoms with Crippen molar-refractivity contribution in [2.45, 2.75) is 0 Å². The maximum atomic E-state index is 8.40. The van der Waals surface area contributed by atoms with Crippen LogP contribution in [0.2, 0.25) is 0 Å². The average molecular weight is 557 g/mol. The van der Waals surface area contributed by atoms with Crippen molar-refractivity contribution in [2.24, 2.45) is 0 Å². The molecule has 2 heterocycles. The second kappa shape index (κ2) is 10.5. The van der Waals surface area contributed by atoms with Crippen molar-refractivity contribution < 1.29 is 11.3 Å². The van der Waals surface area contributed by atoms with E-state index in [2.05, 4.69) is 24.3 Å². The molecule has 0 fully saturated rings. The number of hydrogen-bond acceptors (Lipinski definition) is 4. The van der Waals surface area contributed by atoms with E-state index in [0.29, 0.717) is 34.2 Å². The van der Waals surface area contributed by atoms with E-state index in [1.165, 1.54) is 0 Å². The largest absolute Gasteiger partial charge is 0.456 e. The van der Waals surface area contributed by atoms with Crippen LogP contribution in [0.25, 0.3) is 78.4 Å². The molecule has 4 nitrogen and oxygen atoms in total. The molecule has 8 rings (SSSR count). The Labute approximate surface area is 256 Å². The summed E-state index contributed by atoms with van der Waals surface area (Å²) < 4.78 is 47.2. The second-order valence-corrected chi connectivity index (χ2v) is 10.1. The molecular weight excluding hydrogens is 526 g/mol. The number of furan rings is 1. The standard InChI is InChI=1S/C39H25N3O/c1-4-10-26(11-5-1)28-16-18-30(19-17-28)38-40-37(29-14-8-3-9-15-29)41-39(42-38)32-21-23-34-33-22-20-31(27-12-6-2-7-13-27)24-35(33)43-36(34)25-32/h1-25H/i2D,6D,7D,12D,13D.